The topological polar surface area (TPSA) is 75.6 Å². The Kier molecular flexibility index (Phi) is 6.78. The van der Waals surface area contributed by atoms with E-state index < -0.39 is 17.8 Å². The Balaban J connectivity index is 2.14. The molecule has 0 spiro atoms. The van der Waals surface area contributed by atoms with Crippen molar-refractivity contribution in [2.45, 2.75) is 27.2 Å². The highest BCUT2D eigenvalue weighted by atomic mass is 16.5. The van der Waals surface area contributed by atoms with Gasteiger partial charge in [-0.15, -0.1) is 0 Å². The van der Waals surface area contributed by atoms with Crippen molar-refractivity contribution in [3.63, 3.8) is 0 Å². The number of carbonyl (C=O) groups excluding carboxylic acids is 1. The lowest BCUT2D eigenvalue weighted by atomic mass is 9.87. The van der Waals surface area contributed by atoms with Gasteiger partial charge in [0.1, 0.15) is 5.75 Å². The monoisotopic (exact) mass is 355 g/mol. The number of amides is 1. The lowest BCUT2D eigenvalue weighted by Gasteiger charge is -2.21. The summed E-state index contributed by atoms with van der Waals surface area (Å²) in [6.45, 7) is 6.03. The summed E-state index contributed by atoms with van der Waals surface area (Å²) in [5, 5.41) is 12.2. The first-order valence-electron chi connectivity index (χ1n) is 8.72. The molecule has 1 amide bonds. The van der Waals surface area contributed by atoms with Crippen LogP contribution in [0.1, 0.15) is 25.0 Å². The van der Waals surface area contributed by atoms with Crippen LogP contribution in [0.25, 0.3) is 0 Å². The van der Waals surface area contributed by atoms with E-state index in [4.69, 9.17) is 4.74 Å². The van der Waals surface area contributed by atoms with Crippen LogP contribution < -0.4 is 10.1 Å². The lowest BCUT2D eigenvalue weighted by molar-refractivity contribution is -0.145. The van der Waals surface area contributed by atoms with Gasteiger partial charge in [-0.25, -0.2) is 0 Å². The highest BCUT2D eigenvalue weighted by molar-refractivity contribution is 5.95. The molecular weight excluding hydrogens is 330 g/mol. The Morgan fingerprint density at radius 1 is 1.08 bits per heavy atom. The fourth-order valence-corrected chi connectivity index (χ4v) is 2.68. The Morgan fingerprint density at radius 3 is 2.23 bits per heavy atom. The molecule has 0 aromatic heterocycles. The summed E-state index contributed by atoms with van der Waals surface area (Å²) >= 11 is 0. The fraction of sp³-hybridized carbons (Fsp3) is 0.333. The zero-order valence-electron chi connectivity index (χ0n) is 15.4. The number of nitrogens with one attached hydrogen (secondary N) is 1. The van der Waals surface area contributed by atoms with Crippen molar-refractivity contribution < 1.29 is 19.4 Å². The third-order valence-corrected chi connectivity index (χ3v) is 4.34. The third-order valence-electron chi connectivity index (χ3n) is 4.34. The largest absolute Gasteiger partial charge is 0.494 e. The van der Waals surface area contributed by atoms with E-state index in [9.17, 15) is 14.7 Å². The summed E-state index contributed by atoms with van der Waals surface area (Å²) in [5.74, 6) is -2.02. The molecule has 0 bridgehead atoms. The summed E-state index contributed by atoms with van der Waals surface area (Å²) in [7, 11) is 0. The van der Waals surface area contributed by atoms with Gasteiger partial charge in [0.05, 0.1) is 18.4 Å². The SMILES string of the molecule is CCOc1ccc(NC(=O)[C@H](Cc2ccc(C)cc2)[C@@H](C)C(=O)O)cc1. The fourth-order valence-electron chi connectivity index (χ4n) is 2.68. The minimum atomic E-state index is -0.982. The number of aliphatic carboxylic acids is 1. The van der Waals surface area contributed by atoms with Gasteiger partial charge in [0, 0.05) is 5.69 Å². The molecule has 2 aromatic carbocycles. The predicted octanol–water partition coefficient (Wildman–Crippen LogP) is 3.91. The number of carbonyl (C=O) groups is 2. The number of aryl methyl sites for hydroxylation is 1. The number of ether oxygens (including phenoxy) is 1. The number of hydrogen-bond acceptors (Lipinski definition) is 3. The summed E-state index contributed by atoms with van der Waals surface area (Å²) in [6.07, 6.45) is 0.372. The Morgan fingerprint density at radius 2 is 1.69 bits per heavy atom. The molecule has 2 aromatic rings. The first kappa shape index (κ1) is 19.5. The molecule has 2 N–H and O–H groups in total. The Bertz CT molecular complexity index is 738. The molecule has 0 aliphatic rings. The molecule has 26 heavy (non-hydrogen) atoms. The number of benzene rings is 2. The molecular formula is C21H25NO4. The second-order valence-corrected chi connectivity index (χ2v) is 6.37. The zero-order chi connectivity index (χ0) is 19.1. The average molecular weight is 355 g/mol. The van der Waals surface area contributed by atoms with E-state index >= 15 is 0 Å². The molecule has 0 aliphatic carbocycles. The van der Waals surface area contributed by atoms with E-state index in [0.29, 0.717) is 18.7 Å². The van der Waals surface area contributed by atoms with Gasteiger partial charge in [0.2, 0.25) is 5.91 Å². The van der Waals surface area contributed by atoms with Crippen LogP contribution in [0.3, 0.4) is 0 Å². The maximum atomic E-state index is 12.7. The minimum Gasteiger partial charge on any atom is -0.494 e. The Hall–Kier alpha value is -2.82. The minimum absolute atomic E-state index is 0.301. The van der Waals surface area contributed by atoms with Crippen molar-refractivity contribution >= 4 is 17.6 Å². The number of rotatable bonds is 8. The first-order chi connectivity index (χ1) is 12.4. The number of anilines is 1. The van der Waals surface area contributed by atoms with Crippen molar-refractivity contribution in [3.8, 4) is 5.75 Å². The lowest BCUT2D eigenvalue weighted by Crippen LogP contribution is -2.33. The van der Waals surface area contributed by atoms with Crippen molar-refractivity contribution in [1.82, 2.24) is 0 Å². The molecule has 0 saturated heterocycles. The molecule has 138 valence electrons. The van der Waals surface area contributed by atoms with Gasteiger partial charge in [-0.3, -0.25) is 9.59 Å². The van der Waals surface area contributed by atoms with Crippen LogP contribution in [0.15, 0.2) is 48.5 Å². The molecule has 5 nitrogen and oxygen atoms in total. The summed E-state index contributed by atoms with van der Waals surface area (Å²) in [5.41, 5.74) is 2.68. The van der Waals surface area contributed by atoms with E-state index in [1.165, 1.54) is 0 Å². The number of hydrogen-bond donors (Lipinski definition) is 2. The van der Waals surface area contributed by atoms with E-state index in [2.05, 4.69) is 5.32 Å². The van der Waals surface area contributed by atoms with Gasteiger partial charge >= 0.3 is 5.97 Å². The molecule has 0 fully saturated rings. The van der Waals surface area contributed by atoms with Crippen molar-refractivity contribution in [3.05, 3.63) is 59.7 Å². The summed E-state index contributed by atoms with van der Waals surface area (Å²) in [4.78, 5) is 24.2. The normalized spacial score (nSPS) is 12.9. The highest BCUT2D eigenvalue weighted by Gasteiger charge is 2.30. The summed E-state index contributed by atoms with van der Waals surface area (Å²) < 4.78 is 5.38. The van der Waals surface area contributed by atoms with Crippen LogP contribution in [-0.2, 0) is 16.0 Å². The Labute approximate surface area is 154 Å². The van der Waals surface area contributed by atoms with Gasteiger partial charge < -0.3 is 15.2 Å². The highest BCUT2D eigenvalue weighted by Crippen LogP contribution is 2.22. The summed E-state index contributed by atoms with van der Waals surface area (Å²) in [6, 6.07) is 14.8. The van der Waals surface area contributed by atoms with E-state index in [-0.39, 0.29) is 5.91 Å². The van der Waals surface area contributed by atoms with Crippen LogP contribution in [0.4, 0.5) is 5.69 Å². The molecule has 2 atom stereocenters. The number of carboxylic acids is 1. The third kappa shape index (κ3) is 5.34. The van der Waals surface area contributed by atoms with Crippen molar-refractivity contribution in [2.24, 2.45) is 11.8 Å². The molecule has 2 rings (SSSR count). The number of carboxylic acid groups (broad SMARTS) is 1. The van der Waals surface area contributed by atoms with Gasteiger partial charge in [-0.2, -0.15) is 0 Å². The van der Waals surface area contributed by atoms with E-state index in [1.54, 1.807) is 31.2 Å². The maximum absolute atomic E-state index is 12.7. The first-order valence-corrected chi connectivity index (χ1v) is 8.72. The molecule has 0 radical (unpaired) electrons. The van der Waals surface area contributed by atoms with Crippen molar-refractivity contribution in [1.29, 1.82) is 0 Å². The van der Waals surface area contributed by atoms with Gasteiger partial charge in [-0.05, 0) is 50.1 Å². The second-order valence-electron chi connectivity index (χ2n) is 6.37. The smallest absolute Gasteiger partial charge is 0.307 e. The molecule has 0 aliphatic heterocycles. The quantitative estimate of drug-likeness (QED) is 0.753. The van der Waals surface area contributed by atoms with Crippen LogP contribution in [0.5, 0.6) is 5.75 Å². The molecule has 0 saturated carbocycles. The van der Waals surface area contributed by atoms with Crippen molar-refractivity contribution in [2.75, 3.05) is 11.9 Å². The van der Waals surface area contributed by atoms with Crippen LogP contribution >= 0.6 is 0 Å². The predicted molar refractivity (Wildman–Crippen MR) is 101 cm³/mol. The van der Waals surface area contributed by atoms with Crippen LogP contribution in [-0.4, -0.2) is 23.6 Å². The molecule has 5 heteroatoms. The zero-order valence-corrected chi connectivity index (χ0v) is 15.4. The standard InChI is InChI=1S/C21H25NO4/c1-4-26-18-11-9-17(10-12-18)22-20(23)19(15(3)21(24)25)13-16-7-5-14(2)6-8-16/h5-12,15,19H,4,13H2,1-3H3,(H,22,23)(H,24,25)/t15-,19-/m1/s1. The van der Waals surface area contributed by atoms with Gasteiger partial charge in [-0.1, -0.05) is 36.8 Å². The van der Waals surface area contributed by atoms with E-state index in [1.807, 2.05) is 38.1 Å². The van der Waals surface area contributed by atoms with Gasteiger partial charge in [0.25, 0.3) is 0 Å². The van der Waals surface area contributed by atoms with Crippen LogP contribution in [0.2, 0.25) is 0 Å². The second kappa shape index (κ2) is 9.04. The molecule has 0 unspecified atom stereocenters. The maximum Gasteiger partial charge on any atom is 0.307 e. The van der Waals surface area contributed by atoms with Gasteiger partial charge in [0.15, 0.2) is 0 Å². The van der Waals surface area contributed by atoms with Crippen LogP contribution in [0, 0.1) is 18.8 Å². The molecule has 0 heterocycles. The average Bonchev–Trinajstić information content (AvgIpc) is 2.62. The van der Waals surface area contributed by atoms with E-state index in [0.717, 1.165) is 16.9 Å².